The number of benzene rings is 2. The normalized spacial score (nSPS) is 9.43. The Kier molecular flexibility index (Phi) is 6.67. The molecule has 0 spiro atoms. The molecule has 0 aliphatic carbocycles. The molecule has 112 valence electrons. The van der Waals surface area contributed by atoms with Gasteiger partial charge in [0.15, 0.2) is 5.76 Å². The van der Waals surface area contributed by atoms with Crippen LogP contribution in [0, 0.1) is 13.8 Å². The first-order chi connectivity index (χ1) is 10.2. The minimum absolute atomic E-state index is 0.851. The van der Waals surface area contributed by atoms with Crippen LogP contribution in [0.4, 0.5) is 0 Å². The van der Waals surface area contributed by atoms with E-state index in [0.717, 1.165) is 22.2 Å². The first kappa shape index (κ1) is 17.0. The summed E-state index contributed by atoms with van der Waals surface area (Å²) in [7, 11) is 0. The third-order valence-electron chi connectivity index (χ3n) is 2.95. The number of hydrogen-bond donors (Lipinski definition) is 0. The van der Waals surface area contributed by atoms with Crippen LogP contribution in [0.15, 0.2) is 47.0 Å². The zero-order valence-electron chi connectivity index (χ0n) is 13.9. The van der Waals surface area contributed by atoms with Crippen LogP contribution in [0.3, 0.4) is 0 Å². The lowest BCUT2D eigenvalue weighted by molar-refractivity contribution is 0.441. The molecule has 0 N–H and O–H groups in total. The monoisotopic (exact) mass is 283 g/mol. The predicted octanol–water partition coefficient (Wildman–Crippen LogP) is 6.16. The standard InChI is InChI=1S/C15H13NO.2C2H6/c1-10-3-6-12(7-4-10)15-13-9-11(2)5-8-14(13)16-17-15;2*1-2/h3-9H,1-2H3;2*1-2H3. The van der Waals surface area contributed by atoms with Crippen LogP contribution in [0.25, 0.3) is 22.2 Å². The Balaban J connectivity index is 0.000000510. The van der Waals surface area contributed by atoms with Crippen molar-refractivity contribution in [1.29, 1.82) is 0 Å². The van der Waals surface area contributed by atoms with E-state index < -0.39 is 0 Å². The Bertz CT molecular complexity index is 666. The van der Waals surface area contributed by atoms with Crippen LogP contribution < -0.4 is 0 Å². The van der Waals surface area contributed by atoms with Crippen molar-refractivity contribution >= 4 is 10.9 Å². The number of nitrogens with zero attached hydrogens (tertiary/aromatic N) is 1. The van der Waals surface area contributed by atoms with E-state index in [4.69, 9.17) is 4.52 Å². The molecule has 0 saturated heterocycles. The van der Waals surface area contributed by atoms with Crippen molar-refractivity contribution in [2.24, 2.45) is 0 Å². The predicted molar refractivity (Wildman–Crippen MR) is 91.6 cm³/mol. The lowest BCUT2D eigenvalue weighted by Gasteiger charge is -1.98. The molecule has 3 rings (SSSR count). The third kappa shape index (κ3) is 3.94. The minimum atomic E-state index is 0.851. The quantitative estimate of drug-likeness (QED) is 0.534. The van der Waals surface area contributed by atoms with E-state index in [1.54, 1.807) is 0 Å². The summed E-state index contributed by atoms with van der Waals surface area (Å²) in [6, 6.07) is 14.4. The molecular formula is C19H25NO. The molecule has 2 nitrogen and oxygen atoms in total. The van der Waals surface area contributed by atoms with E-state index in [-0.39, 0.29) is 0 Å². The molecule has 2 heteroatoms. The number of fused-ring (bicyclic) bond motifs is 1. The van der Waals surface area contributed by atoms with Gasteiger partial charge in [-0.2, -0.15) is 0 Å². The molecule has 0 amide bonds. The molecule has 3 aromatic rings. The number of rotatable bonds is 1. The summed E-state index contributed by atoms with van der Waals surface area (Å²) < 4.78 is 5.45. The van der Waals surface area contributed by atoms with Crippen LogP contribution >= 0.6 is 0 Å². The molecule has 0 aliphatic rings. The molecule has 0 bridgehead atoms. The van der Waals surface area contributed by atoms with Gasteiger partial charge in [0.25, 0.3) is 0 Å². The smallest absolute Gasteiger partial charge is 0.174 e. The molecule has 1 heterocycles. The maximum atomic E-state index is 5.45. The SMILES string of the molecule is CC.CC.Cc1ccc(-c2onc3ccc(C)cc23)cc1. The zero-order valence-corrected chi connectivity index (χ0v) is 13.9. The van der Waals surface area contributed by atoms with Crippen LogP contribution in [0.2, 0.25) is 0 Å². The van der Waals surface area contributed by atoms with E-state index in [2.05, 4.69) is 49.3 Å². The molecule has 0 aliphatic heterocycles. The maximum absolute atomic E-state index is 5.45. The van der Waals surface area contributed by atoms with Crippen molar-refractivity contribution in [1.82, 2.24) is 5.16 Å². The average molecular weight is 283 g/mol. The van der Waals surface area contributed by atoms with Crippen molar-refractivity contribution in [2.75, 3.05) is 0 Å². The highest BCUT2D eigenvalue weighted by Gasteiger charge is 2.10. The highest BCUT2D eigenvalue weighted by atomic mass is 16.5. The lowest BCUT2D eigenvalue weighted by Crippen LogP contribution is -1.77. The largest absolute Gasteiger partial charge is 0.355 e. The van der Waals surface area contributed by atoms with Gasteiger partial charge in [0.2, 0.25) is 0 Å². The zero-order chi connectivity index (χ0) is 15.8. The van der Waals surface area contributed by atoms with E-state index in [1.807, 2.05) is 39.8 Å². The highest BCUT2D eigenvalue weighted by Crippen LogP contribution is 2.29. The van der Waals surface area contributed by atoms with Gasteiger partial charge in [-0.15, -0.1) is 0 Å². The van der Waals surface area contributed by atoms with Crippen LogP contribution in [0.5, 0.6) is 0 Å². The van der Waals surface area contributed by atoms with Gasteiger partial charge >= 0.3 is 0 Å². The molecule has 1 aromatic heterocycles. The molecular weight excluding hydrogens is 258 g/mol. The van der Waals surface area contributed by atoms with Crippen LogP contribution in [-0.4, -0.2) is 5.16 Å². The molecule has 21 heavy (non-hydrogen) atoms. The van der Waals surface area contributed by atoms with Gasteiger partial charge in [0.05, 0.1) is 0 Å². The van der Waals surface area contributed by atoms with Gasteiger partial charge in [-0.3, -0.25) is 0 Å². The highest BCUT2D eigenvalue weighted by molar-refractivity contribution is 5.91. The van der Waals surface area contributed by atoms with Gasteiger partial charge in [0.1, 0.15) is 5.52 Å². The van der Waals surface area contributed by atoms with E-state index in [0.29, 0.717) is 0 Å². The molecule has 0 atom stereocenters. The second-order valence-corrected chi connectivity index (χ2v) is 4.40. The summed E-state index contributed by atoms with van der Waals surface area (Å²) in [6.45, 7) is 12.2. The fourth-order valence-electron chi connectivity index (χ4n) is 1.97. The first-order valence-electron chi connectivity index (χ1n) is 7.67. The average Bonchev–Trinajstić information content (AvgIpc) is 2.95. The Labute approximate surface area is 127 Å². The summed E-state index contributed by atoms with van der Waals surface area (Å²) in [5.74, 6) is 0.851. The molecule has 2 aromatic carbocycles. The van der Waals surface area contributed by atoms with Crippen molar-refractivity contribution in [3.63, 3.8) is 0 Å². The van der Waals surface area contributed by atoms with Gasteiger partial charge in [-0.25, -0.2) is 0 Å². The summed E-state index contributed by atoms with van der Waals surface area (Å²) in [5.41, 5.74) is 4.44. The van der Waals surface area contributed by atoms with Crippen molar-refractivity contribution in [2.45, 2.75) is 41.5 Å². The topological polar surface area (TPSA) is 26.0 Å². The molecule has 0 fully saturated rings. The van der Waals surface area contributed by atoms with Crippen LogP contribution in [-0.2, 0) is 0 Å². The fraction of sp³-hybridized carbons (Fsp3) is 0.316. The summed E-state index contributed by atoms with van der Waals surface area (Å²) in [6.07, 6.45) is 0. The van der Waals surface area contributed by atoms with Gasteiger partial charge in [-0.1, -0.05) is 74.3 Å². The molecule has 0 radical (unpaired) electrons. The summed E-state index contributed by atoms with van der Waals surface area (Å²) in [5, 5.41) is 5.16. The minimum Gasteiger partial charge on any atom is -0.355 e. The molecule has 0 saturated carbocycles. The fourth-order valence-corrected chi connectivity index (χ4v) is 1.97. The Morgan fingerprint density at radius 2 is 1.33 bits per heavy atom. The Hall–Kier alpha value is -2.09. The number of aryl methyl sites for hydroxylation is 2. The molecule has 0 unspecified atom stereocenters. The maximum Gasteiger partial charge on any atom is 0.174 e. The summed E-state index contributed by atoms with van der Waals surface area (Å²) >= 11 is 0. The van der Waals surface area contributed by atoms with Crippen molar-refractivity contribution < 1.29 is 4.52 Å². The first-order valence-corrected chi connectivity index (χ1v) is 7.67. The lowest BCUT2D eigenvalue weighted by atomic mass is 10.1. The van der Waals surface area contributed by atoms with E-state index in [1.165, 1.54) is 11.1 Å². The van der Waals surface area contributed by atoms with Gasteiger partial charge in [-0.05, 0) is 26.0 Å². The van der Waals surface area contributed by atoms with Gasteiger partial charge in [0, 0.05) is 10.9 Å². The second kappa shape index (κ2) is 8.25. The second-order valence-electron chi connectivity index (χ2n) is 4.40. The number of hydrogen-bond acceptors (Lipinski definition) is 2. The Morgan fingerprint density at radius 1 is 0.762 bits per heavy atom. The van der Waals surface area contributed by atoms with Crippen LogP contribution in [0.1, 0.15) is 38.8 Å². The van der Waals surface area contributed by atoms with Crippen molar-refractivity contribution in [3.05, 3.63) is 53.6 Å². The van der Waals surface area contributed by atoms with E-state index in [9.17, 15) is 0 Å². The summed E-state index contributed by atoms with van der Waals surface area (Å²) in [4.78, 5) is 0. The van der Waals surface area contributed by atoms with E-state index >= 15 is 0 Å². The van der Waals surface area contributed by atoms with Crippen molar-refractivity contribution in [3.8, 4) is 11.3 Å². The third-order valence-corrected chi connectivity index (χ3v) is 2.95. The number of aromatic nitrogens is 1. The Morgan fingerprint density at radius 3 is 1.95 bits per heavy atom. The van der Waals surface area contributed by atoms with Gasteiger partial charge < -0.3 is 4.52 Å².